The van der Waals surface area contributed by atoms with E-state index in [1.165, 1.54) is 0 Å². The number of para-hydroxylation sites is 1. The molecule has 1 aromatic heterocycles. The second-order valence-corrected chi connectivity index (χ2v) is 4.54. The maximum atomic E-state index is 12.2. The summed E-state index contributed by atoms with van der Waals surface area (Å²) in [5, 5.41) is 7.28. The summed E-state index contributed by atoms with van der Waals surface area (Å²) in [6, 6.07) is 9.77. The Morgan fingerprint density at radius 1 is 1.33 bits per heavy atom. The average Bonchev–Trinajstić information content (AvgIpc) is 2.91. The Labute approximate surface area is 105 Å². The Kier molecular flexibility index (Phi) is 2.94. The fourth-order valence-corrected chi connectivity index (χ4v) is 2.33. The molecule has 1 aliphatic heterocycles. The molecule has 2 N–H and O–H groups in total. The number of aromatic nitrogens is 1. The quantitative estimate of drug-likeness (QED) is 0.834. The van der Waals surface area contributed by atoms with Crippen molar-refractivity contribution in [3.63, 3.8) is 0 Å². The van der Waals surface area contributed by atoms with Gasteiger partial charge < -0.3 is 10.6 Å². The highest BCUT2D eigenvalue weighted by Crippen LogP contribution is 2.16. The van der Waals surface area contributed by atoms with Crippen LogP contribution in [0.3, 0.4) is 0 Å². The normalized spacial score (nSPS) is 19.0. The van der Waals surface area contributed by atoms with E-state index in [-0.39, 0.29) is 11.9 Å². The second kappa shape index (κ2) is 4.74. The average molecular weight is 241 g/mol. The van der Waals surface area contributed by atoms with Crippen molar-refractivity contribution in [2.45, 2.75) is 12.5 Å². The zero-order chi connectivity index (χ0) is 12.4. The van der Waals surface area contributed by atoms with Crippen LogP contribution < -0.4 is 10.6 Å². The van der Waals surface area contributed by atoms with Gasteiger partial charge in [-0.3, -0.25) is 9.78 Å². The van der Waals surface area contributed by atoms with Crippen molar-refractivity contribution in [3.05, 3.63) is 42.1 Å². The van der Waals surface area contributed by atoms with Gasteiger partial charge in [0.2, 0.25) is 0 Å². The van der Waals surface area contributed by atoms with E-state index < -0.39 is 0 Å². The lowest BCUT2D eigenvalue weighted by Gasteiger charge is -2.12. The highest BCUT2D eigenvalue weighted by Gasteiger charge is 2.18. The predicted molar refractivity (Wildman–Crippen MR) is 70.5 cm³/mol. The number of nitrogens with one attached hydrogen (secondary N) is 2. The number of carbonyl (C=O) groups excluding carboxylic acids is 1. The standard InChI is InChI=1S/C14H15N3O/c18-14(17-11-6-8-15-9-11)12-5-1-3-10-4-2-7-16-13(10)12/h1-5,7,11,15H,6,8-9H2,(H,17,18)/t11-/m1/s1. The van der Waals surface area contributed by atoms with E-state index in [1.54, 1.807) is 6.20 Å². The molecule has 1 atom stereocenters. The van der Waals surface area contributed by atoms with Gasteiger partial charge in [0.15, 0.2) is 0 Å². The molecule has 2 heterocycles. The minimum absolute atomic E-state index is 0.0343. The first-order chi connectivity index (χ1) is 8.84. The van der Waals surface area contributed by atoms with Crippen molar-refractivity contribution in [1.82, 2.24) is 15.6 Å². The lowest BCUT2D eigenvalue weighted by molar-refractivity contribution is 0.0941. The second-order valence-electron chi connectivity index (χ2n) is 4.54. The fourth-order valence-electron chi connectivity index (χ4n) is 2.33. The smallest absolute Gasteiger partial charge is 0.253 e. The number of rotatable bonds is 2. The van der Waals surface area contributed by atoms with Gasteiger partial charge in [-0.05, 0) is 25.1 Å². The van der Waals surface area contributed by atoms with Crippen molar-refractivity contribution in [2.24, 2.45) is 0 Å². The molecule has 0 radical (unpaired) electrons. The van der Waals surface area contributed by atoms with Crippen molar-refractivity contribution in [2.75, 3.05) is 13.1 Å². The van der Waals surface area contributed by atoms with Gasteiger partial charge in [-0.15, -0.1) is 0 Å². The monoisotopic (exact) mass is 241 g/mol. The maximum absolute atomic E-state index is 12.2. The molecule has 1 amide bonds. The Bertz CT molecular complexity index is 571. The third-order valence-corrected chi connectivity index (χ3v) is 3.27. The topological polar surface area (TPSA) is 54.0 Å². The molecule has 0 saturated carbocycles. The molecule has 4 nitrogen and oxygen atoms in total. The number of fused-ring (bicyclic) bond motifs is 1. The molecule has 1 aromatic carbocycles. The van der Waals surface area contributed by atoms with Gasteiger partial charge in [-0.1, -0.05) is 18.2 Å². The van der Waals surface area contributed by atoms with Gasteiger partial charge in [0, 0.05) is 24.2 Å². The van der Waals surface area contributed by atoms with Crippen LogP contribution in [0.5, 0.6) is 0 Å². The van der Waals surface area contributed by atoms with Gasteiger partial charge in [0.05, 0.1) is 11.1 Å². The zero-order valence-corrected chi connectivity index (χ0v) is 10.0. The number of hydrogen-bond donors (Lipinski definition) is 2. The van der Waals surface area contributed by atoms with Gasteiger partial charge >= 0.3 is 0 Å². The summed E-state index contributed by atoms with van der Waals surface area (Å²) < 4.78 is 0. The van der Waals surface area contributed by atoms with Crippen molar-refractivity contribution in [1.29, 1.82) is 0 Å². The first-order valence-electron chi connectivity index (χ1n) is 6.20. The molecule has 4 heteroatoms. The molecule has 92 valence electrons. The van der Waals surface area contributed by atoms with E-state index in [1.807, 2.05) is 30.3 Å². The van der Waals surface area contributed by atoms with Gasteiger partial charge in [0.1, 0.15) is 0 Å². The van der Waals surface area contributed by atoms with Crippen molar-refractivity contribution >= 4 is 16.8 Å². The van der Waals surface area contributed by atoms with Crippen LogP contribution in [0.1, 0.15) is 16.8 Å². The Hall–Kier alpha value is -1.94. The van der Waals surface area contributed by atoms with Gasteiger partial charge in [0.25, 0.3) is 5.91 Å². The van der Waals surface area contributed by atoms with E-state index in [0.29, 0.717) is 5.56 Å². The molecule has 1 aliphatic rings. The van der Waals surface area contributed by atoms with Crippen LogP contribution in [0.15, 0.2) is 36.5 Å². The highest BCUT2D eigenvalue weighted by atomic mass is 16.1. The molecule has 3 rings (SSSR count). The van der Waals surface area contributed by atoms with Gasteiger partial charge in [-0.2, -0.15) is 0 Å². The van der Waals surface area contributed by atoms with E-state index in [4.69, 9.17) is 0 Å². The number of carbonyl (C=O) groups is 1. The van der Waals surface area contributed by atoms with E-state index in [0.717, 1.165) is 30.4 Å². The number of benzene rings is 1. The van der Waals surface area contributed by atoms with Crippen LogP contribution in [0, 0.1) is 0 Å². The van der Waals surface area contributed by atoms with E-state index in [9.17, 15) is 4.79 Å². The van der Waals surface area contributed by atoms with Gasteiger partial charge in [-0.25, -0.2) is 0 Å². The molecule has 2 aromatic rings. The minimum atomic E-state index is -0.0343. The summed E-state index contributed by atoms with van der Waals surface area (Å²) in [5.74, 6) is -0.0343. The predicted octanol–water partition coefficient (Wildman–Crippen LogP) is 1.33. The summed E-state index contributed by atoms with van der Waals surface area (Å²) in [6.45, 7) is 1.82. The molecule has 0 spiro atoms. The summed E-state index contributed by atoms with van der Waals surface area (Å²) in [4.78, 5) is 16.5. The number of pyridine rings is 1. The van der Waals surface area contributed by atoms with Crippen LogP contribution >= 0.6 is 0 Å². The fraction of sp³-hybridized carbons (Fsp3) is 0.286. The molecule has 1 fully saturated rings. The van der Waals surface area contributed by atoms with Crippen LogP contribution in [0.4, 0.5) is 0 Å². The zero-order valence-electron chi connectivity index (χ0n) is 10.0. The first-order valence-corrected chi connectivity index (χ1v) is 6.20. The van der Waals surface area contributed by atoms with Crippen LogP contribution in [-0.2, 0) is 0 Å². The first kappa shape index (κ1) is 11.2. The Morgan fingerprint density at radius 2 is 2.22 bits per heavy atom. The summed E-state index contributed by atoms with van der Waals surface area (Å²) >= 11 is 0. The summed E-state index contributed by atoms with van der Waals surface area (Å²) in [7, 11) is 0. The lowest BCUT2D eigenvalue weighted by Crippen LogP contribution is -2.36. The number of amides is 1. The molecule has 18 heavy (non-hydrogen) atoms. The Balaban J connectivity index is 1.91. The SMILES string of the molecule is O=C(N[C@@H]1CCNC1)c1cccc2cccnc12. The highest BCUT2D eigenvalue weighted by molar-refractivity contribution is 6.05. The van der Waals surface area contributed by atoms with Crippen LogP contribution in [0.25, 0.3) is 10.9 Å². The van der Waals surface area contributed by atoms with Crippen LogP contribution in [0.2, 0.25) is 0 Å². The molecule has 0 unspecified atom stereocenters. The summed E-state index contributed by atoms with van der Waals surface area (Å²) in [6.07, 6.45) is 2.71. The van der Waals surface area contributed by atoms with Crippen LogP contribution in [-0.4, -0.2) is 30.0 Å². The largest absolute Gasteiger partial charge is 0.348 e. The van der Waals surface area contributed by atoms with Crippen molar-refractivity contribution in [3.8, 4) is 0 Å². The molecule has 0 bridgehead atoms. The van der Waals surface area contributed by atoms with Crippen molar-refractivity contribution < 1.29 is 4.79 Å². The third kappa shape index (κ3) is 2.07. The van der Waals surface area contributed by atoms with E-state index in [2.05, 4.69) is 15.6 Å². The van der Waals surface area contributed by atoms with E-state index >= 15 is 0 Å². The lowest BCUT2D eigenvalue weighted by atomic mass is 10.1. The summed E-state index contributed by atoms with van der Waals surface area (Å²) in [5.41, 5.74) is 1.42. The Morgan fingerprint density at radius 3 is 3.06 bits per heavy atom. The number of hydrogen-bond acceptors (Lipinski definition) is 3. The molecule has 0 aliphatic carbocycles. The maximum Gasteiger partial charge on any atom is 0.253 e. The third-order valence-electron chi connectivity index (χ3n) is 3.27. The minimum Gasteiger partial charge on any atom is -0.348 e. The number of nitrogens with zero attached hydrogens (tertiary/aromatic N) is 1. The molecule has 1 saturated heterocycles. The molecular weight excluding hydrogens is 226 g/mol. The molecular formula is C14H15N3O.